The molecule has 0 saturated heterocycles. The molecule has 2 nitrogen and oxygen atoms in total. The van der Waals surface area contributed by atoms with Gasteiger partial charge in [0.1, 0.15) is 0 Å². The van der Waals surface area contributed by atoms with Gasteiger partial charge in [0.05, 0.1) is 0 Å². The number of fused-ring (bicyclic) bond motifs is 1. The molecule has 1 amide bonds. The van der Waals surface area contributed by atoms with Gasteiger partial charge in [-0.1, -0.05) is 6.42 Å². The Balaban J connectivity index is 1.53. The number of amides is 1. The molecule has 0 radical (unpaired) electrons. The molecule has 0 aromatic heterocycles. The van der Waals surface area contributed by atoms with Crippen molar-refractivity contribution in [1.29, 1.82) is 0 Å². The van der Waals surface area contributed by atoms with Crippen molar-refractivity contribution in [3.8, 4) is 0 Å². The van der Waals surface area contributed by atoms with E-state index in [9.17, 15) is 4.79 Å². The van der Waals surface area contributed by atoms with Crippen LogP contribution in [0.25, 0.3) is 0 Å². The number of unbranched alkanes of at least 4 members (excludes halogenated alkanes) is 2. The van der Waals surface area contributed by atoms with Gasteiger partial charge in [-0.05, 0) is 43.9 Å². The summed E-state index contributed by atoms with van der Waals surface area (Å²) in [5.41, 5.74) is 0. The average molecular weight is 230 g/mol. The Morgan fingerprint density at radius 2 is 1.87 bits per heavy atom. The molecule has 86 valence electrons. The normalized spacial score (nSPS) is 32.5. The largest absolute Gasteiger partial charge is 0.356 e. The second-order valence-corrected chi connectivity index (χ2v) is 5.34. The first kappa shape index (κ1) is 11.3. The molecule has 2 atom stereocenters. The minimum atomic E-state index is 0.299. The molecule has 0 heterocycles. The van der Waals surface area contributed by atoms with Crippen LogP contribution in [-0.4, -0.2) is 18.3 Å². The van der Waals surface area contributed by atoms with Gasteiger partial charge in [0.2, 0.25) is 5.91 Å². The molecule has 2 aliphatic carbocycles. The maximum Gasteiger partial charge on any atom is 0.223 e. The van der Waals surface area contributed by atoms with E-state index in [4.69, 9.17) is 11.6 Å². The molecule has 0 bridgehead atoms. The van der Waals surface area contributed by atoms with Crippen LogP contribution in [0.4, 0.5) is 0 Å². The summed E-state index contributed by atoms with van der Waals surface area (Å²) in [6.45, 7) is 0.835. The van der Waals surface area contributed by atoms with E-state index in [1.165, 1.54) is 6.42 Å². The third-order valence-corrected chi connectivity index (χ3v) is 3.99. The first-order chi connectivity index (χ1) is 7.31. The summed E-state index contributed by atoms with van der Waals surface area (Å²) in [4.78, 5) is 11.7. The zero-order chi connectivity index (χ0) is 10.7. The van der Waals surface area contributed by atoms with Gasteiger partial charge in [0.25, 0.3) is 0 Å². The van der Waals surface area contributed by atoms with Gasteiger partial charge in [0, 0.05) is 18.3 Å². The van der Waals surface area contributed by atoms with Gasteiger partial charge in [-0.2, -0.15) is 0 Å². The Morgan fingerprint density at radius 1 is 1.13 bits per heavy atom. The second-order valence-electron chi connectivity index (χ2n) is 4.96. The van der Waals surface area contributed by atoms with Crippen LogP contribution in [0.3, 0.4) is 0 Å². The zero-order valence-corrected chi connectivity index (χ0v) is 9.93. The highest BCUT2D eigenvalue weighted by Crippen LogP contribution is 2.54. The fraction of sp³-hybridized carbons (Fsp3) is 0.917. The van der Waals surface area contributed by atoms with Crippen molar-refractivity contribution in [2.75, 3.05) is 12.4 Å². The van der Waals surface area contributed by atoms with Crippen molar-refractivity contribution in [3.63, 3.8) is 0 Å². The van der Waals surface area contributed by atoms with E-state index in [1.54, 1.807) is 0 Å². The van der Waals surface area contributed by atoms with Gasteiger partial charge in [-0.15, -0.1) is 11.6 Å². The molecule has 3 heteroatoms. The minimum absolute atomic E-state index is 0.299. The maximum absolute atomic E-state index is 11.7. The van der Waals surface area contributed by atoms with E-state index in [1.807, 2.05) is 0 Å². The lowest BCUT2D eigenvalue weighted by molar-refractivity contribution is -0.125. The molecular weight excluding hydrogens is 210 g/mol. The van der Waals surface area contributed by atoms with Crippen LogP contribution in [0, 0.1) is 17.8 Å². The molecule has 2 fully saturated rings. The number of hydrogen-bond acceptors (Lipinski definition) is 1. The molecule has 0 spiro atoms. The van der Waals surface area contributed by atoms with Crippen molar-refractivity contribution in [1.82, 2.24) is 5.32 Å². The average Bonchev–Trinajstić information content (AvgIpc) is 2.85. The molecule has 2 unspecified atom stereocenters. The number of carbonyl (C=O) groups excluding carboxylic acids is 1. The van der Waals surface area contributed by atoms with Gasteiger partial charge in [0.15, 0.2) is 0 Å². The second kappa shape index (κ2) is 5.20. The molecule has 2 rings (SSSR count). The molecule has 2 saturated carbocycles. The van der Waals surface area contributed by atoms with E-state index in [-0.39, 0.29) is 0 Å². The quantitative estimate of drug-likeness (QED) is 0.551. The van der Waals surface area contributed by atoms with Crippen molar-refractivity contribution in [2.24, 2.45) is 17.8 Å². The first-order valence-corrected chi connectivity index (χ1v) is 6.68. The molecular formula is C12H20ClNO. The standard InChI is InChI=1S/C12H20ClNO/c13-4-2-1-3-5-14-12(15)11-7-9-6-10(9)8-11/h9-11H,1-8H2,(H,14,15). The summed E-state index contributed by atoms with van der Waals surface area (Å²) in [5, 5.41) is 3.04. The lowest BCUT2D eigenvalue weighted by atomic mass is 10.0. The van der Waals surface area contributed by atoms with Crippen LogP contribution in [0.2, 0.25) is 0 Å². The van der Waals surface area contributed by atoms with Crippen LogP contribution in [0.1, 0.15) is 38.5 Å². The van der Waals surface area contributed by atoms with Crippen LogP contribution in [0.15, 0.2) is 0 Å². The van der Waals surface area contributed by atoms with Crippen molar-refractivity contribution in [2.45, 2.75) is 38.5 Å². The van der Waals surface area contributed by atoms with Crippen LogP contribution in [0.5, 0.6) is 0 Å². The fourth-order valence-electron chi connectivity index (χ4n) is 2.68. The monoisotopic (exact) mass is 229 g/mol. The number of hydrogen-bond donors (Lipinski definition) is 1. The van der Waals surface area contributed by atoms with E-state index in [2.05, 4.69) is 5.32 Å². The Labute approximate surface area is 96.8 Å². The Bertz CT molecular complexity index is 222. The van der Waals surface area contributed by atoms with Crippen molar-refractivity contribution >= 4 is 17.5 Å². The fourth-order valence-corrected chi connectivity index (χ4v) is 2.87. The zero-order valence-electron chi connectivity index (χ0n) is 9.18. The lowest BCUT2D eigenvalue weighted by Crippen LogP contribution is -2.30. The molecule has 15 heavy (non-hydrogen) atoms. The number of halogens is 1. The highest BCUT2D eigenvalue weighted by molar-refractivity contribution is 6.17. The van der Waals surface area contributed by atoms with E-state index in [0.717, 1.165) is 56.4 Å². The van der Waals surface area contributed by atoms with E-state index < -0.39 is 0 Å². The Kier molecular flexibility index (Phi) is 3.90. The number of nitrogens with one attached hydrogen (secondary N) is 1. The summed E-state index contributed by atoms with van der Waals surface area (Å²) in [7, 11) is 0. The highest BCUT2D eigenvalue weighted by Gasteiger charge is 2.47. The molecule has 1 N–H and O–H groups in total. The third-order valence-electron chi connectivity index (χ3n) is 3.72. The smallest absolute Gasteiger partial charge is 0.223 e. The van der Waals surface area contributed by atoms with E-state index in [0.29, 0.717) is 11.8 Å². The summed E-state index contributed by atoms with van der Waals surface area (Å²) in [6, 6.07) is 0. The summed E-state index contributed by atoms with van der Waals surface area (Å²) >= 11 is 5.58. The highest BCUT2D eigenvalue weighted by atomic mass is 35.5. The summed E-state index contributed by atoms with van der Waals surface area (Å²) in [6.07, 6.45) is 6.94. The van der Waals surface area contributed by atoms with E-state index >= 15 is 0 Å². The van der Waals surface area contributed by atoms with Crippen LogP contribution in [-0.2, 0) is 4.79 Å². The Hall–Kier alpha value is -0.240. The van der Waals surface area contributed by atoms with Crippen molar-refractivity contribution < 1.29 is 4.79 Å². The Morgan fingerprint density at radius 3 is 2.53 bits per heavy atom. The number of rotatable bonds is 6. The maximum atomic E-state index is 11.7. The summed E-state index contributed by atoms with van der Waals surface area (Å²) < 4.78 is 0. The van der Waals surface area contributed by atoms with Crippen molar-refractivity contribution in [3.05, 3.63) is 0 Å². The first-order valence-electron chi connectivity index (χ1n) is 6.15. The SMILES string of the molecule is O=C(NCCCCCCl)C1CC2CC2C1. The van der Waals surface area contributed by atoms with Gasteiger partial charge in [-0.3, -0.25) is 4.79 Å². The van der Waals surface area contributed by atoms with Gasteiger partial charge in [-0.25, -0.2) is 0 Å². The van der Waals surface area contributed by atoms with Crippen LogP contribution < -0.4 is 5.32 Å². The van der Waals surface area contributed by atoms with Crippen LogP contribution >= 0.6 is 11.6 Å². The van der Waals surface area contributed by atoms with Gasteiger partial charge < -0.3 is 5.32 Å². The number of carbonyl (C=O) groups is 1. The minimum Gasteiger partial charge on any atom is -0.356 e. The van der Waals surface area contributed by atoms with Gasteiger partial charge >= 0.3 is 0 Å². The topological polar surface area (TPSA) is 29.1 Å². The summed E-state index contributed by atoms with van der Waals surface area (Å²) in [5.74, 6) is 3.17. The molecule has 2 aliphatic rings. The molecule has 0 aromatic rings. The predicted octanol–water partition coefficient (Wildman–Crippen LogP) is 2.56. The third kappa shape index (κ3) is 3.10. The predicted molar refractivity (Wildman–Crippen MR) is 61.9 cm³/mol. The molecule has 0 aromatic carbocycles. The lowest BCUT2D eigenvalue weighted by Gasteiger charge is -2.11. The molecule has 0 aliphatic heterocycles. The number of alkyl halides is 1.